The molecule has 0 aromatic heterocycles. The van der Waals surface area contributed by atoms with Crippen molar-refractivity contribution in [2.75, 3.05) is 6.61 Å². The maximum absolute atomic E-state index is 13.6. The summed E-state index contributed by atoms with van der Waals surface area (Å²) in [5, 5.41) is 0.668. The van der Waals surface area contributed by atoms with E-state index in [1.165, 1.54) is 38.2 Å². The van der Waals surface area contributed by atoms with Gasteiger partial charge in [-0.15, -0.1) is 0 Å². The van der Waals surface area contributed by atoms with Crippen molar-refractivity contribution >= 4 is 15.9 Å². The predicted octanol–water partition coefficient (Wildman–Crippen LogP) is 5.46. The molecule has 0 aliphatic rings. The van der Waals surface area contributed by atoms with Crippen LogP contribution in [0.4, 0.5) is 4.39 Å². The van der Waals surface area contributed by atoms with E-state index in [0.29, 0.717) is 17.7 Å². The molecule has 102 valence electrons. The Bertz CT molecular complexity index is 341. The van der Waals surface area contributed by atoms with Gasteiger partial charge in [-0.25, -0.2) is 4.39 Å². The van der Waals surface area contributed by atoms with Gasteiger partial charge in [0.1, 0.15) is 0 Å². The summed E-state index contributed by atoms with van der Waals surface area (Å²) >= 11 is 3.30. The number of hydrogen-bond donors (Lipinski definition) is 0. The van der Waals surface area contributed by atoms with Crippen molar-refractivity contribution in [1.82, 2.24) is 0 Å². The lowest BCUT2D eigenvalue weighted by atomic mass is 10.1. The number of ether oxygens (including phenoxy) is 1. The molecule has 3 heteroatoms. The van der Waals surface area contributed by atoms with Crippen LogP contribution in [-0.2, 0) is 5.33 Å². The number of alkyl halides is 1. The number of hydrogen-bond acceptors (Lipinski definition) is 1. The monoisotopic (exact) mass is 316 g/mol. The molecule has 0 bridgehead atoms. The largest absolute Gasteiger partial charge is 0.491 e. The molecule has 0 unspecified atom stereocenters. The van der Waals surface area contributed by atoms with Crippen LogP contribution in [0.1, 0.15) is 51.0 Å². The first-order valence-corrected chi connectivity index (χ1v) is 7.87. The summed E-state index contributed by atoms with van der Waals surface area (Å²) in [7, 11) is 0. The standard InChI is InChI=1S/C15H22BrFO/c1-2-3-4-5-6-7-10-18-15-9-8-13(12-16)11-14(15)17/h8-9,11H,2-7,10,12H2,1H3. The highest BCUT2D eigenvalue weighted by molar-refractivity contribution is 9.08. The van der Waals surface area contributed by atoms with Crippen LogP contribution in [0, 0.1) is 5.82 Å². The Balaban J connectivity index is 2.19. The van der Waals surface area contributed by atoms with Crippen LogP contribution < -0.4 is 4.74 Å². The topological polar surface area (TPSA) is 9.23 Å². The fourth-order valence-electron chi connectivity index (χ4n) is 1.81. The minimum absolute atomic E-state index is 0.266. The van der Waals surface area contributed by atoms with E-state index >= 15 is 0 Å². The Morgan fingerprint density at radius 1 is 1.11 bits per heavy atom. The molecule has 0 saturated carbocycles. The smallest absolute Gasteiger partial charge is 0.165 e. The first-order valence-electron chi connectivity index (χ1n) is 6.75. The average molecular weight is 317 g/mol. The van der Waals surface area contributed by atoms with Crippen LogP contribution in [0.2, 0.25) is 0 Å². The minimum Gasteiger partial charge on any atom is -0.491 e. The molecule has 1 aromatic rings. The highest BCUT2D eigenvalue weighted by Gasteiger charge is 2.03. The molecule has 1 rings (SSSR count). The van der Waals surface area contributed by atoms with E-state index in [-0.39, 0.29) is 5.82 Å². The quantitative estimate of drug-likeness (QED) is 0.434. The van der Waals surface area contributed by atoms with Crippen molar-refractivity contribution in [1.29, 1.82) is 0 Å². The minimum atomic E-state index is -0.266. The molecule has 0 saturated heterocycles. The van der Waals surface area contributed by atoms with Crippen LogP contribution in [0.25, 0.3) is 0 Å². The summed E-state index contributed by atoms with van der Waals surface area (Å²) in [5.74, 6) is 0.103. The van der Waals surface area contributed by atoms with E-state index in [0.717, 1.165) is 12.0 Å². The summed E-state index contributed by atoms with van der Waals surface area (Å²) in [5.41, 5.74) is 0.930. The van der Waals surface area contributed by atoms with Crippen LogP contribution >= 0.6 is 15.9 Å². The number of rotatable bonds is 9. The summed E-state index contributed by atoms with van der Waals surface area (Å²) in [6.07, 6.45) is 7.29. The number of halogens is 2. The summed E-state index contributed by atoms with van der Waals surface area (Å²) < 4.78 is 19.0. The van der Waals surface area contributed by atoms with Crippen molar-refractivity contribution in [3.05, 3.63) is 29.6 Å². The van der Waals surface area contributed by atoms with Crippen LogP contribution in [-0.4, -0.2) is 6.61 Å². The second kappa shape index (κ2) is 9.37. The molecular formula is C15H22BrFO. The van der Waals surface area contributed by atoms with Crippen LogP contribution in [0.5, 0.6) is 5.75 Å². The molecular weight excluding hydrogens is 295 g/mol. The van der Waals surface area contributed by atoms with E-state index in [9.17, 15) is 4.39 Å². The zero-order valence-electron chi connectivity index (χ0n) is 11.1. The Labute approximate surface area is 118 Å². The maximum Gasteiger partial charge on any atom is 0.165 e. The fourth-order valence-corrected chi connectivity index (χ4v) is 2.16. The first kappa shape index (κ1) is 15.5. The van der Waals surface area contributed by atoms with E-state index < -0.39 is 0 Å². The molecule has 0 aliphatic heterocycles. The Morgan fingerprint density at radius 3 is 2.50 bits per heavy atom. The number of benzene rings is 1. The third kappa shape index (κ3) is 5.85. The lowest BCUT2D eigenvalue weighted by molar-refractivity contribution is 0.290. The van der Waals surface area contributed by atoms with Crippen molar-refractivity contribution in [2.24, 2.45) is 0 Å². The van der Waals surface area contributed by atoms with Gasteiger partial charge in [-0.3, -0.25) is 0 Å². The highest BCUT2D eigenvalue weighted by Crippen LogP contribution is 2.20. The van der Waals surface area contributed by atoms with E-state index in [4.69, 9.17) is 4.74 Å². The Hall–Kier alpha value is -0.570. The highest BCUT2D eigenvalue weighted by atomic mass is 79.9. The average Bonchev–Trinajstić information content (AvgIpc) is 2.39. The molecule has 0 radical (unpaired) electrons. The summed E-state index contributed by atoms with van der Waals surface area (Å²) in [4.78, 5) is 0. The molecule has 18 heavy (non-hydrogen) atoms. The molecule has 0 fully saturated rings. The van der Waals surface area contributed by atoms with Gasteiger partial charge < -0.3 is 4.74 Å². The number of unbranched alkanes of at least 4 members (excludes halogenated alkanes) is 5. The van der Waals surface area contributed by atoms with Crippen molar-refractivity contribution in [2.45, 2.75) is 50.8 Å². The van der Waals surface area contributed by atoms with Crippen molar-refractivity contribution in [3.63, 3.8) is 0 Å². The molecule has 0 N–H and O–H groups in total. The van der Waals surface area contributed by atoms with Gasteiger partial charge in [-0.2, -0.15) is 0 Å². The molecule has 0 atom stereocenters. The molecule has 0 aliphatic carbocycles. The van der Waals surface area contributed by atoms with E-state index in [1.807, 2.05) is 6.07 Å². The lowest BCUT2D eigenvalue weighted by Gasteiger charge is -2.08. The SMILES string of the molecule is CCCCCCCCOc1ccc(CBr)cc1F. The van der Waals surface area contributed by atoms with E-state index in [2.05, 4.69) is 22.9 Å². The van der Waals surface area contributed by atoms with Gasteiger partial charge in [0.05, 0.1) is 6.61 Å². The third-order valence-corrected chi connectivity index (χ3v) is 3.55. The zero-order valence-corrected chi connectivity index (χ0v) is 12.6. The fraction of sp³-hybridized carbons (Fsp3) is 0.600. The first-order chi connectivity index (χ1) is 8.77. The van der Waals surface area contributed by atoms with E-state index in [1.54, 1.807) is 6.07 Å². The molecule has 1 aromatic carbocycles. The summed E-state index contributed by atoms with van der Waals surface area (Å²) in [6, 6.07) is 5.11. The predicted molar refractivity (Wildman–Crippen MR) is 77.9 cm³/mol. The van der Waals surface area contributed by atoms with Crippen LogP contribution in [0.3, 0.4) is 0 Å². The van der Waals surface area contributed by atoms with Crippen molar-refractivity contribution in [3.8, 4) is 5.75 Å². The zero-order chi connectivity index (χ0) is 13.2. The van der Waals surface area contributed by atoms with Gasteiger partial charge in [-0.1, -0.05) is 61.0 Å². The Morgan fingerprint density at radius 2 is 1.83 bits per heavy atom. The summed E-state index contributed by atoms with van der Waals surface area (Å²) in [6.45, 7) is 2.82. The third-order valence-electron chi connectivity index (χ3n) is 2.91. The Kier molecular flexibility index (Phi) is 8.06. The molecule has 0 spiro atoms. The van der Waals surface area contributed by atoms with Gasteiger partial charge in [0.15, 0.2) is 11.6 Å². The molecule has 1 nitrogen and oxygen atoms in total. The maximum atomic E-state index is 13.6. The van der Waals surface area contributed by atoms with Gasteiger partial charge in [0.2, 0.25) is 0 Å². The second-order valence-electron chi connectivity index (χ2n) is 4.51. The molecule has 0 amide bonds. The van der Waals surface area contributed by atoms with Gasteiger partial charge >= 0.3 is 0 Å². The lowest BCUT2D eigenvalue weighted by Crippen LogP contribution is -1.99. The molecule has 0 heterocycles. The second-order valence-corrected chi connectivity index (χ2v) is 5.08. The normalized spacial score (nSPS) is 10.6. The van der Waals surface area contributed by atoms with Crippen molar-refractivity contribution < 1.29 is 9.13 Å². The van der Waals surface area contributed by atoms with Gasteiger partial charge in [0.25, 0.3) is 0 Å². The van der Waals surface area contributed by atoms with Gasteiger partial charge in [0, 0.05) is 5.33 Å². The van der Waals surface area contributed by atoms with Gasteiger partial charge in [-0.05, 0) is 24.1 Å². The van der Waals surface area contributed by atoms with Crippen LogP contribution in [0.15, 0.2) is 18.2 Å².